The van der Waals surface area contributed by atoms with Crippen LogP contribution in [0.2, 0.25) is 0 Å². The fraction of sp³-hybridized carbons (Fsp3) is 0.588. The molecule has 26 heavy (non-hydrogen) atoms. The van der Waals surface area contributed by atoms with E-state index in [9.17, 15) is 28.1 Å². The van der Waals surface area contributed by atoms with Crippen molar-refractivity contribution in [3.8, 4) is 0 Å². The third-order valence-electron chi connectivity index (χ3n) is 4.64. The van der Waals surface area contributed by atoms with Crippen LogP contribution in [0.1, 0.15) is 37.7 Å². The first-order valence-corrected chi connectivity index (χ1v) is 8.64. The number of benzene rings is 1. The van der Waals surface area contributed by atoms with E-state index < -0.39 is 22.4 Å². The monoisotopic (exact) mass is 371 g/mol. The molecule has 2 saturated carbocycles. The molecule has 2 aliphatic rings. The summed E-state index contributed by atoms with van der Waals surface area (Å²) in [5, 5.41) is 13.8. The van der Waals surface area contributed by atoms with E-state index in [1.54, 1.807) is 0 Å². The molecule has 2 aliphatic carbocycles. The maximum Gasteiger partial charge on any atom is 0.416 e. The van der Waals surface area contributed by atoms with Crippen molar-refractivity contribution in [3.05, 3.63) is 33.9 Å². The van der Waals surface area contributed by atoms with Crippen LogP contribution >= 0.6 is 0 Å². The van der Waals surface area contributed by atoms with Gasteiger partial charge in [0.05, 0.1) is 10.5 Å². The second-order valence-corrected chi connectivity index (χ2v) is 6.88. The van der Waals surface area contributed by atoms with Gasteiger partial charge in [-0.15, -0.1) is 0 Å². The average Bonchev–Trinajstić information content (AvgIpc) is 3.45. The summed E-state index contributed by atoms with van der Waals surface area (Å²) >= 11 is 0. The van der Waals surface area contributed by atoms with Gasteiger partial charge in [-0.05, 0) is 43.7 Å². The minimum atomic E-state index is -4.65. The molecule has 0 bridgehead atoms. The molecule has 3 rings (SSSR count). The van der Waals surface area contributed by atoms with Crippen LogP contribution in [0, 0.1) is 16.0 Å². The maximum atomic E-state index is 12.7. The van der Waals surface area contributed by atoms with E-state index in [0.717, 1.165) is 44.4 Å². The standard InChI is InChI=1S/C17H20F3N3O3/c18-17(19,20)12-3-6-14(15(9-12)23(25)26)21-8-7-16(24)22(13-4-5-13)10-11-1-2-11/h3,6,9,11,13,21H,1-2,4-5,7-8,10H2. The van der Waals surface area contributed by atoms with Gasteiger partial charge in [0.2, 0.25) is 5.91 Å². The Morgan fingerprint density at radius 1 is 1.27 bits per heavy atom. The Kier molecular flexibility index (Phi) is 5.06. The zero-order valence-corrected chi connectivity index (χ0v) is 14.1. The fourth-order valence-electron chi connectivity index (χ4n) is 2.88. The second-order valence-electron chi connectivity index (χ2n) is 6.88. The third kappa shape index (κ3) is 4.64. The predicted molar refractivity (Wildman–Crippen MR) is 88.7 cm³/mol. The first-order chi connectivity index (χ1) is 12.3. The molecule has 1 N–H and O–H groups in total. The van der Waals surface area contributed by atoms with E-state index in [0.29, 0.717) is 18.0 Å². The van der Waals surface area contributed by atoms with Crippen molar-refractivity contribution in [3.63, 3.8) is 0 Å². The highest BCUT2D eigenvalue weighted by Crippen LogP contribution is 2.36. The Morgan fingerprint density at radius 3 is 2.50 bits per heavy atom. The first kappa shape index (κ1) is 18.5. The molecule has 1 amide bonds. The molecule has 0 saturated heterocycles. The molecule has 142 valence electrons. The molecule has 1 aromatic carbocycles. The van der Waals surface area contributed by atoms with Crippen molar-refractivity contribution >= 4 is 17.3 Å². The molecular weight excluding hydrogens is 351 g/mol. The van der Waals surface area contributed by atoms with Crippen molar-refractivity contribution in [1.82, 2.24) is 4.90 Å². The highest BCUT2D eigenvalue weighted by atomic mass is 19.4. The molecule has 0 unspecified atom stereocenters. The largest absolute Gasteiger partial charge is 0.416 e. The van der Waals surface area contributed by atoms with Crippen molar-refractivity contribution in [1.29, 1.82) is 0 Å². The van der Waals surface area contributed by atoms with Crippen LogP contribution in [0.5, 0.6) is 0 Å². The topological polar surface area (TPSA) is 75.5 Å². The Morgan fingerprint density at radius 2 is 1.96 bits per heavy atom. The number of hydrogen-bond acceptors (Lipinski definition) is 4. The summed E-state index contributed by atoms with van der Waals surface area (Å²) < 4.78 is 38.1. The van der Waals surface area contributed by atoms with Crippen LogP contribution in [-0.2, 0) is 11.0 Å². The van der Waals surface area contributed by atoms with Gasteiger partial charge in [-0.1, -0.05) is 0 Å². The van der Waals surface area contributed by atoms with E-state index in [-0.39, 0.29) is 24.6 Å². The molecule has 1 aromatic rings. The molecule has 0 heterocycles. The van der Waals surface area contributed by atoms with Gasteiger partial charge in [-0.3, -0.25) is 14.9 Å². The SMILES string of the molecule is O=C(CCNc1ccc(C(F)(F)F)cc1[N+](=O)[O-])N(CC1CC1)C1CC1. The Balaban J connectivity index is 1.59. The molecule has 0 aliphatic heterocycles. The van der Waals surface area contributed by atoms with Crippen molar-refractivity contribution in [2.45, 2.75) is 44.3 Å². The van der Waals surface area contributed by atoms with Crippen LogP contribution in [0.15, 0.2) is 18.2 Å². The number of alkyl halides is 3. The summed E-state index contributed by atoms with van der Waals surface area (Å²) in [6.45, 7) is 0.906. The van der Waals surface area contributed by atoms with Gasteiger partial charge in [0.25, 0.3) is 5.69 Å². The van der Waals surface area contributed by atoms with Crippen LogP contribution in [-0.4, -0.2) is 34.9 Å². The second kappa shape index (κ2) is 7.13. The van der Waals surface area contributed by atoms with Crippen molar-refractivity contribution in [2.75, 3.05) is 18.4 Å². The number of nitrogens with one attached hydrogen (secondary N) is 1. The van der Waals surface area contributed by atoms with Gasteiger partial charge in [0.1, 0.15) is 5.69 Å². The van der Waals surface area contributed by atoms with Crippen molar-refractivity contribution < 1.29 is 22.9 Å². The highest BCUT2D eigenvalue weighted by Gasteiger charge is 2.36. The zero-order valence-electron chi connectivity index (χ0n) is 14.1. The van der Waals surface area contributed by atoms with Crippen LogP contribution in [0.3, 0.4) is 0 Å². The van der Waals surface area contributed by atoms with Gasteiger partial charge < -0.3 is 10.2 Å². The number of nitrogens with zero attached hydrogens (tertiary/aromatic N) is 2. The lowest BCUT2D eigenvalue weighted by Gasteiger charge is -2.22. The number of nitro benzene ring substituents is 1. The molecule has 2 fully saturated rings. The highest BCUT2D eigenvalue weighted by molar-refractivity contribution is 5.77. The van der Waals surface area contributed by atoms with E-state index >= 15 is 0 Å². The third-order valence-corrected chi connectivity index (χ3v) is 4.64. The fourth-order valence-corrected chi connectivity index (χ4v) is 2.88. The number of carbonyl (C=O) groups is 1. The van der Waals surface area contributed by atoms with Crippen LogP contribution < -0.4 is 5.32 Å². The first-order valence-electron chi connectivity index (χ1n) is 8.64. The predicted octanol–water partition coefficient (Wildman–Crippen LogP) is 3.82. The zero-order chi connectivity index (χ0) is 18.9. The minimum Gasteiger partial charge on any atom is -0.379 e. The average molecular weight is 371 g/mol. The smallest absolute Gasteiger partial charge is 0.379 e. The summed E-state index contributed by atoms with van der Waals surface area (Å²) in [4.78, 5) is 24.5. The number of hydrogen-bond donors (Lipinski definition) is 1. The lowest BCUT2D eigenvalue weighted by Crippen LogP contribution is -2.35. The molecule has 0 aromatic heterocycles. The molecule has 9 heteroatoms. The van der Waals surface area contributed by atoms with Gasteiger partial charge in [-0.2, -0.15) is 13.2 Å². The number of rotatable bonds is 8. The summed E-state index contributed by atoms with van der Waals surface area (Å²) in [7, 11) is 0. The number of carbonyl (C=O) groups excluding carboxylic acids is 1. The number of halogens is 3. The normalized spacial score (nSPS) is 17.0. The van der Waals surface area contributed by atoms with Crippen molar-refractivity contribution in [2.24, 2.45) is 5.92 Å². The van der Waals surface area contributed by atoms with E-state index in [1.807, 2.05) is 4.90 Å². The number of amides is 1. The Hall–Kier alpha value is -2.32. The summed E-state index contributed by atoms with van der Waals surface area (Å²) in [6.07, 6.45) is -0.181. The summed E-state index contributed by atoms with van der Waals surface area (Å²) in [5.41, 5.74) is -1.74. The van der Waals surface area contributed by atoms with E-state index in [4.69, 9.17) is 0 Å². The van der Waals surface area contributed by atoms with Gasteiger partial charge in [0.15, 0.2) is 0 Å². The van der Waals surface area contributed by atoms with Crippen LogP contribution in [0.4, 0.5) is 24.5 Å². The minimum absolute atomic E-state index is 0.0125. The number of nitro groups is 1. The molecular formula is C17H20F3N3O3. The van der Waals surface area contributed by atoms with Gasteiger partial charge >= 0.3 is 6.18 Å². The Bertz CT molecular complexity index is 700. The number of anilines is 1. The molecule has 0 spiro atoms. The summed E-state index contributed by atoms with van der Waals surface area (Å²) in [6, 6.07) is 2.64. The molecule has 6 nitrogen and oxygen atoms in total. The lowest BCUT2D eigenvalue weighted by atomic mass is 10.1. The molecule has 0 radical (unpaired) electrons. The van der Waals surface area contributed by atoms with Gasteiger partial charge in [0, 0.05) is 31.6 Å². The summed E-state index contributed by atoms with van der Waals surface area (Å²) in [5.74, 6) is 0.574. The molecule has 0 atom stereocenters. The Labute approximate surface area is 148 Å². The van der Waals surface area contributed by atoms with E-state index in [2.05, 4.69) is 5.32 Å². The lowest BCUT2D eigenvalue weighted by molar-refractivity contribution is -0.384. The van der Waals surface area contributed by atoms with E-state index in [1.165, 1.54) is 0 Å². The van der Waals surface area contributed by atoms with Gasteiger partial charge in [-0.25, -0.2) is 0 Å². The quantitative estimate of drug-likeness (QED) is 0.557. The maximum absolute atomic E-state index is 12.7. The van der Waals surface area contributed by atoms with Crippen LogP contribution in [0.25, 0.3) is 0 Å².